The van der Waals surface area contributed by atoms with Crippen LogP contribution in [0, 0.1) is 10.1 Å². The van der Waals surface area contributed by atoms with E-state index >= 15 is 0 Å². The normalized spacial score (nSPS) is 11.9. The van der Waals surface area contributed by atoms with Crippen LogP contribution in [0.2, 0.25) is 10.0 Å². The molecule has 0 saturated carbocycles. The lowest BCUT2D eigenvalue weighted by Crippen LogP contribution is -2.52. The van der Waals surface area contributed by atoms with Crippen LogP contribution >= 0.6 is 23.2 Å². The number of hydrogen-bond acceptors (Lipinski definition) is 7. The van der Waals surface area contributed by atoms with Crippen molar-refractivity contribution in [3.8, 4) is 5.75 Å². The van der Waals surface area contributed by atoms with Crippen LogP contribution in [0.15, 0.2) is 36.4 Å². The van der Waals surface area contributed by atoms with Crippen molar-refractivity contribution < 1.29 is 27.7 Å². The van der Waals surface area contributed by atoms with E-state index in [1.807, 2.05) is 6.92 Å². The molecule has 0 fully saturated rings. The Labute approximate surface area is 238 Å². The standard InChI is InChI=1S/C25H32Cl2N4O7S/c1-5-7-13-28-25(33)21(6-2)29(15-18-19(26)9-8-10-20(18)27)24(32)16-30(39(4,36)37)22-14-17(31(34)35)11-12-23(22)38-3/h8-12,14,21H,5-7,13,15-16H2,1-4H3,(H,28,33)/t21-/m1/s1. The number of amides is 2. The maximum absolute atomic E-state index is 13.8. The third kappa shape index (κ3) is 8.45. The van der Waals surface area contributed by atoms with Gasteiger partial charge in [0.25, 0.3) is 5.69 Å². The summed E-state index contributed by atoms with van der Waals surface area (Å²) >= 11 is 12.7. The van der Waals surface area contributed by atoms with E-state index in [9.17, 15) is 28.1 Å². The number of unbranched alkanes of at least 4 members (excludes halogenated alkanes) is 1. The molecule has 2 amide bonds. The molecule has 0 spiro atoms. The zero-order valence-corrected chi connectivity index (χ0v) is 24.5. The van der Waals surface area contributed by atoms with Crippen molar-refractivity contribution in [1.82, 2.24) is 10.2 Å². The molecule has 0 aromatic heterocycles. The van der Waals surface area contributed by atoms with Crippen LogP contribution in [0.1, 0.15) is 38.7 Å². The number of hydrogen-bond donors (Lipinski definition) is 1. The molecule has 214 valence electrons. The fourth-order valence-corrected chi connectivity index (χ4v) is 5.22. The van der Waals surface area contributed by atoms with Crippen molar-refractivity contribution in [1.29, 1.82) is 0 Å². The molecule has 2 rings (SSSR count). The maximum Gasteiger partial charge on any atom is 0.271 e. The maximum atomic E-state index is 13.8. The molecular weight excluding hydrogens is 571 g/mol. The molecule has 0 aliphatic heterocycles. The van der Waals surface area contributed by atoms with Gasteiger partial charge in [-0.05, 0) is 31.0 Å². The Morgan fingerprint density at radius 1 is 1.15 bits per heavy atom. The molecule has 11 nitrogen and oxygen atoms in total. The molecule has 0 aliphatic carbocycles. The fraction of sp³-hybridized carbons (Fsp3) is 0.440. The average molecular weight is 604 g/mol. The highest BCUT2D eigenvalue weighted by Crippen LogP contribution is 2.34. The van der Waals surface area contributed by atoms with Gasteiger partial charge in [0.05, 0.1) is 18.3 Å². The second-order valence-electron chi connectivity index (χ2n) is 8.67. The van der Waals surface area contributed by atoms with Crippen LogP contribution in [-0.4, -0.2) is 62.6 Å². The van der Waals surface area contributed by atoms with Crippen LogP contribution in [-0.2, 0) is 26.2 Å². The molecular formula is C25H32Cl2N4O7S. The molecule has 1 N–H and O–H groups in total. The van der Waals surface area contributed by atoms with Gasteiger partial charge in [-0.1, -0.05) is 49.5 Å². The SMILES string of the molecule is CCCCNC(=O)[C@@H](CC)N(Cc1c(Cl)cccc1Cl)C(=O)CN(c1cc([N+](=O)[O-])ccc1OC)S(C)(=O)=O. The minimum Gasteiger partial charge on any atom is -0.495 e. The third-order valence-electron chi connectivity index (χ3n) is 5.93. The number of ether oxygens (including phenoxy) is 1. The van der Waals surface area contributed by atoms with E-state index in [4.69, 9.17) is 27.9 Å². The summed E-state index contributed by atoms with van der Waals surface area (Å²) in [4.78, 5) is 38.9. The number of methoxy groups -OCH3 is 1. The summed E-state index contributed by atoms with van der Waals surface area (Å²) in [6.45, 7) is 3.15. The number of nitrogens with zero attached hydrogens (tertiary/aromatic N) is 3. The van der Waals surface area contributed by atoms with E-state index in [1.165, 1.54) is 18.1 Å². The van der Waals surface area contributed by atoms with Gasteiger partial charge in [0, 0.05) is 40.8 Å². The smallest absolute Gasteiger partial charge is 0.271 e. The van der Waals surface area contributed by atoms with Gasteiger partial charge >= 0.3 is 0 Å². The molecule has 14 heteroatoms. The Morgan fingerprint density at radius 3 is 2.31 bits per heavy atom. The summed E-state index contributed by atoms with van der Waals surface area (Å²) < 4.78 is 31.7. The van der Waals surface area contributed by atoms with Crippen LogP contribution in [0.25, 0.3) is 0 Å². The molecule has 0 radical (unpaired) electrons. The van der Waals surface area contributed by atoms with Gasteiger partial charge in [0.2, 0.25) is 21.8 Å². The number of carbonyl (C=O) groups is 2. The molecule has 0 saturated heterocycles. The van der Waals surface area contributed by atoms with Gasteiger partial charge in [-0.2, -0.15) is 0 Å². The molecule has 0 unspecified atom stereocenters. The molecule has 39 heavy (non-hydrogen) atoms. The first-order valence-corrected chi connectivity index (χ1v) is 14.8. The average Bonchev–Trinajstić information content (AvgIpc) is 2.87. The Kier molecular flexibility index (Phi) is 11.8. The second kappa shape index (κ2) is 14.3. The summed E-state index contributed by atoms with van der Waals surface area (Å²) in [6.07, 6.45) is 2.66. The number of nitro groups is 1. The van der Waals surface area contributed by atoms with E-state index < -0.39 is 45.0 Å². The largest absolute Gasteiger partial charge is 0.495 e. The van der Waals surface area contributed by atoms with Crippen molar-refractivity contribution >= 4 is 56.4 Å². The Morgan fingerprint density at radius 2 is 1.79 bits per heavy atom. The van der Waals surface area contributed by atoms with Crippen LogP contribution in [0.5, 0.6) is 5.75 Å². The molecule has 0 bridgehead atoms. The monoisotopic (exact) mass is 602 g/mol. The molecule has 2 aromatic carbocycles. The van der Waals surface area contributed by atoms with Crippen molar-refractivity contribution in [3.05, 3.63) is 62.1 Å². The number of non-ortho nitro benzene ring substituents is 1. The lowest BCUT2D eigenvalue weighted by molar-refractivity contribution is -0.384. The number of sulfonamides is 1. The summed E-state index contributed by atoms with van der Waals surface area (Å²) in [5, 5.41) is 14.7. The number of benzene rings is 2. The highest BCUT2D eigenvalue weighted by atomic mass is 35.5. The van der Waals surface area contributed by atoms with Crippen LogP contribution in [0.4, 0.5) is 11.4 Å². The summed E-state index contributed by atoms with van der Waals surface area (Å²) in [5.74, 6) is -1.16. The molecule has 1 atom stereocenters. The molecule has 0 heterocycles. The lowest BCUT2D eigenvalue weighted by Gasteiger charge is -2.33. The van der Waals surface area contributed by atoms with Crippen molar-refractivity contribution in [2.75, 3.05) is 30.8 Å². The first-order valence-electron chi connectivity index (χ1n) is 12.2. The van der Waals surface area contributed by atoms with Crippen LogP contribution < -0.4 is 14.4 Å². The highest BCUT2D eigenvalue weighted by Gasteiger charge is 2.33. The van der Waals surface area contributed by atoms with Gasteiger partial charge in [0.1, 0.15) is 24.0 Å². The number of nitro benzene ring substituents is 1. The molecule has 2 aromatic rings. The molecule has 0 aliphatic rings. The number of halogens is 2. The second-order valence-corrected chi connectivity index (χ2v) is 11.4. The summed E-state index contributed by atoms with van der Waals surface area (Å²) in [6, 6.07) is 7.24. The minimum absolute atomic E-state index is 0.00359. The van der Waals surface area contributed by atoms with Gasteiger partial charge in [-0.25, -0.2) is 8.42 Å². The first kappa shape index (κ1) is 32.1. The van der Waals surface area contributed by atoms with E-state index in [2.05, 4.69) is 5.32 Å². The number of nitrogens with one attached hydrogen (secondary N) is 1. The Balaban J connectivity index is 2.58. The lowest BCUT2D eigenvalue weighted by atomic mass is 10.1. The van der Waals surface area contributed by atoms with E-state index in [1.54, 1.807) is 25.1 Å². The highest BCUT2D eigenvalue weighted by molar-refractivity contribution is 7.92. The number of rotatable bonds is 14. The van der Waals surface area contributed by atoms with E-state index in [0.717, 1.165) is 31.2 Å². The minimum atomic E-state index is -4.15. The zero-order chi connectivity index (χ0) is 29.3. The third-order valence-corrected chi connectivity index (χ3v) is 7.76. The van der Waals surface area contributed by atoms with E-state index in [-0.39, 0.29) is 34.4 Å². The van der Waals surface area contributed by atoms with Crippen molar-refractivity contribution in [2.24, 2.45) is 0 Å². The number of carbonyl (C=O) groups excluding carboxylic acids is 2. The van der Waals surface area contributed by atoms with E-state index in [0.29, 0.717) is 16.4 Å². The Hall–Kier alpha value is -3.09. The van der Waals surface area contributed by atoms with Gasteiger partial charge in [-0.15, -0.1) is 0 Å². The number of anilines is 1. The topological polar surface area (TPSA) is 139 Å². The zero-order valence-electron chi connectivity index (χ0n) is 22.1. The van der Waals surface area contributed by atoms with Crippen molar-refractivity contribution in [2.45, 2.75) is 45.7 Å². The van der Waals surface area contributed by atoms with Crippen molar-refractivity contribution in [3.63, 3.8) is 0 Å². The summed E-state index contributed by atoms with van der Waals surface area (Å²) in [7, 11) is -2.88. The van der Waals surface area contributed by atoms with Gasteiger partial charge < -0.3 is 15.0 Å². The van der Waals surface area contributed by atoms with Gasteiger partial charge in [0.15, 0.2) is 0 Å². The summed E-state index contributed by atoms with van der Waals surface area (Å²) in [5.41, 5.74) is -0.208. The van der Waals surface area contributed by atoms with Gasteiger partial charge in [-0.3, -0.25) is 24.0 Å². The first-order chi connectivity index (χ1) is 18.3. The van der Waals surface area contributed by atoms with Crippen LogP contribution in [0.3, 0.4) is 0 Å². The quantitative estimate of drug-likeness (QED) is 0.192. The fourth-order valence-electron chi connectivity index (χ4n) is 3.86. The Bertz CT molecular complexity index is 1290. The predicted octanol–water partition coefficient (Wildman–Crippen LogP) is 4.40. The predicted molar refractivity (Wildman–Crippen MR) is 151 cm³/mol.